The van der Waals surface area contributed by atoms with Crippen LogP contribution in [0.5, 0.6) is 0 Å². The van der Waals surface area contributed by atoms with E-state index in [1.54, 1.807) is 0 Å². The first kappa shape index (κ1) is 51.5. The average Bonchev–Trinajstić information content (AvgIpc) is 3.17. The normalized spacial score (nSPS) is 13.1. The van der Waals surface area contributed by atoms with E-state index in [0.29, 0.717) is 25.0 Å². The summed E-state index contributed by atoms with van der Waals surface area (Å²) in [6.07, 6.45) is 32.6. The topological polar surface area (TPSA) is 166 Å². The van der Waals surface area contributed by atoms with Gasteiger partial charge in [0.1, 0.15) is 6.10 Å². The molecule has 316 valence electrons. The number of aliphatic hydroxyl groups excluding tert-OH is 3. The first-order valence-corrected chi connectivity index (χ1v) is 21.7. The molecule has 0 heterocycles. The van der Waals surface area contributed by atoms with Crippen LogP contribution in [0.1, 0.15) is 213 Å². The lowest BCUT2D eigenvalue weighted by Crippen LogP contribution is -2.40. The van der Waals surface area contributed by atoms with E-state index >= 15 is 0 Å². The highest BCUT2D eigenvalue weighted by Gasteiger charge is 2.34. The smallest absolute Gasteiger partial charge is 0.379 e. The number of aliphatic hydroxyl groups is 3. The van der Waals surface area contributed by atoms with Crippen molar-refractivity contribution in [1.82, 2.24) is 0 Å². The van der Waals surface area contributed by atoms with Gasteiger partial charge in [-0.25, -0.2) is 38.7 Å². The van der Waals surface area contributed by atoms with E-state index in [0.717, 1.165) is 44.9 Å². The molecule has 0 spiro atoms. The Morgan fingerprint density at radius 3 is 1.17 bits per heavy atom. The summed E-state index contributed by atoms with van der Waals surface area (Å²) in [7, 11) is 0. The number of hydrogen-bond acceptors (Lipinski definition) is 11. The summed E-state index contributed by atoms with van der Waals surface area (Å²) >= 11 is 0. The van der Waals surface area contributed by atoms with Crippen LogP contribution >= 0.6 is 0 Å². The zero-order valence-electron chi connectivity index (χ0n) is 34.1. The van der Waals surface area contributed by atoms with Crippen LogP contribution in [0.4, 0.5) is 0 Å². The van der Waals surface area contributed by atoms with E-state index in [4.69, 9.17) is 0 Å². The van der Waals surface area contributed by atoms with Crippen molar-refractivity contribution in [2.75, 3.05) is 6.61 Å². The van der Waals surface area contributed by atoms with Crippen LogP contribution in [0.25, 0.3) is 0 Å². The quantitative estimate of drug-likeness (QED) is 0.0238. The van der Waals surface area contributed by atoms with Gasteiger partial charge in [-0.2, -0.15) is 0 Å². The molecule has 0 bridgehead atoms. The van der Waals surface area contributed by atoms with Crippen molar-refractivity contribution in [2.24, 2.45) is 5.92 Å². The summed E-state index contributed by atoms with van der Waals surface area (Å²) in [6, 6.07) is 0. The third-order valence-electron chi connectivity index (χ3n) is 9.93. The van der Waals surface area contributed by atoms with Gasteiger partial charge in [-0.3, -0.25) is 0 Å². The molecule has 3 atom stereocenters. The lowest BCUT2D eigenvalue weighted by Gasteiger charge is -2.23. The zero-order valence-corrected chi connectivity index (χ0v) is 34.1. The largest absolute Gasteiger partial charge is 0.394 e. The standard InChI is InChI=1S/C43H78O11/c1-3-5-7-9-11-13-15-17-19-21-23-25-27-29-31-33-39(46)51-52-40(47)34-35-41(48)53-54-43(50)37(42(49)38(45)36-44)32-30-28-26-24-22-20-18-16-14-12-10-8-6-4-2/h34-35,37-38,42,44-45,49H,3-33,36H2,1-2H3/b35-34-. The second-order valence-corrected chi connectivity index (χ2v) is 14.9. The summed E-state index contributed by atoms with van der Waals surface area (Å²) in [5, 5.41) is 29.6. The van der Waals surface area contributed by atoms with E-state index in [9.17, 15) is 34.5 Å². The van der Waals surface area contributed by atoms with Gasteiger partial charge in [0.05, 0.1) is 25.0 Å². The van der Waals surface area contributed by atoms with Crippen molar-refractivity contribution in [1.29, 1.82) is 0 Å². The highest BCUT2D eigenvalue weighted by atomic mass is 17.2. The summed E-state index contributed by atoms with van der Waals surface area (Å²) in [6.45, 7) is 3.70. The maximum absolute atomic E-state index is 12.6. The van der Waals surface area contributed by atoms with Crippen molar-refractivity contribution < 1.29 is 54.0 Å². The molecule has 0 radical (unpaired) electrons. The van der Waals surface area contributed by atoms with Crippen molar-refractivity contribution in [2.45, 2.75) is 225 Å². The molecule has 0 fully saturated rings. The Hall–Kier alpha value is -2.50. The van der Waals surface area contributed by atoms with Crippen LogP contribution < -0.4 is 0 Å². The molecule has 0 aliphatic carbocycles. The number of carbonyl (C=O) groups is 4. The predicted octanol–water partition coefficient (Wildman–Crippen LogP) is 10.0. The van der Waals surface area contributed by atoms with E-state index < -0.39 is 48.6 Å². The van der Waals surface area contributed by atoms with Crippen molar-refractivity contribution in [3.05, 3.63) is 12.2 Å². The number of rotatable bonds is 37. The number of hydrogen-bond donors (Lipinski definition) is 3. The van der Waals surface area contributed by atoms with Gasteiger partial charge in [-0.1, -0.05) is 194 Å². The van der Waals surface area contributed by atoms with Gasteiger partial charge in [0.15, 0.2) is 0 Å². The lowest BCUT2D eigenvalue weighted by molar-refractivity contribution is -0.261. The highest BCUT2D eigenvalue weighted by Crippen LogP contribution is 2.21. The minimum atomic E-state index is -1.63. The Morgan fingerprint density at radius 2 is 0.796 bits per heavy atom. The molecule has 0 saturated heterocycles. The minimum absolute atomic E-state index is 0.102. The molecule has 11 heteroatoms. The third kappa shape index (κ3) is 32.9. The Morgan fingerprint density at radius 1 is 0.463 bits per heavy atom. The highest BCUT2D eigenvalue weighted by molar-refractivity contribution is 5.91. The predicted molar refractivity (Wildman–Crippen MR) is 211 cm³/mol. The van der Waals surface area contributed by atoms with Crippen molar-refractivity contribution in [3.8, 4) is 0 Å². The molecule has 54 heavy (non-hydrogen) atoms. The Kier molecular flexibility index (Phi) is 37.0. The van der Waals surface area contributed by atoms with E-state index in [2.05, 4.69) is 33.4 Å². The lowest BCUT2D eigenvalue weighted by atomic mass is 9.92. The average molecular weight is 771 g/mol. The van der Waals surface area contributed by atoms with Gasteiger partial charge in [0.2, 0.25) is 0 Å². The monoisotopic (exact) mass is 771 g/mol. The molecule has 3 unspecified atom stereocenters. The second kappa shape index (κ2) is 38.8. The molecule has 0 saturated carbocycles. The SMILES string of the molecule is CCCCCCCCCCCCCCCCCC(=O)OOC(=O)/C=C\C(=O)OOC(=O)C(CCCCCCCCCCCCCCCC)C(O)C(O)CO. The molecule has 0 rings (SSSR count). The minimum Gasteiger partial charge on any atom is -0.394 e. The zero-order chi connectivity index (χ0) is 39.9. The molecule has 0 amide bonds. The van der Waals surface area contributed by atoms with Crippen LogP contribution in [0.15, 0.2) is 12.2 Å². The van der Waals surface area contributed by atoms with Crippen LogP contribution in [0, 0.1) is 5.92 Å². The fourth-order valence-electron chi connectivity index (χ4n) is 6.47. The molecular weight excluding hydrogens is 692 g/mol. The van der Waals surface area contributed by atoms with Gasteiger partial charge in [0.25, 0.3) is 0 Å². The Labute approximate surface area is 327 Å². The van der Waals surface area contributed by atoms with Crippen LogP contribution in [0.3, 0.4) is 0 Å². The second-order valence-electron chi connectivity index (χ2n) is 14.9. The molecule has 0 aromatic heterocycles. The molecule has 11 nitrogen and oxygen atoms in total. The van der Waals surface area contributed by atoms with E-state index in [1.807, 2.05) is 0 Å². The Balaban J connectivity index is 4.10. The van der Waals surface area contributed by atoms with Gasteiger partial charge >= 0.3 is 23.9 Å². The van der Waals surface area contributed by atoms with Gasteiger partial charge in [-0.05, 0) is 12.8 Å². The van der Waals surface area contributed by atoms with Gasteiger partial charge < -0.3 is 15.3 Å². The summed E-state index contributed by atoms with van der Waals surface area (Å²) in [5.41, 5.74) is 0. The first-order chi connectivity index (χ1) is 26.3. The van der Waals surface area contributed by atoms with E-state index in [1.165, 1.54) is 128 Å². The maximum Gasteiger partial charge on any atom is 0.379 e. The molecule has 0 aromatic rings. The fourth-order valence-corrected chi connectivity index (χ4v) is 6.47. The van der Waals surface area contributed by atoms with Crippen LogP contribution in [0.2, 0.25) is 0 Å². The number of carbonyl (C=O) groups excluding carboxylic acids is 4. The maximum atomic E-state index is 12.6. The molecule has 0 aromatic carbocycles. The molecule has 0 aliphatic rings. The first-order valence-electron chi connectivity index (χ1n) is 21.7. The van der Waals surface area contributed by atoms with Crippen molar-refractivity contribution >= 4 is 23.9 Å². The third-order valence-corrected chi connectivity index (χ3v) is 9.93. The molecule has 3 N–H and O–H groups in total. The number of unbranched alkanes of at least 4 members (excludes halogenated alkanes) is 27. The Bertz CT molecular complexity index is 938. The van der Waals surface area contributed by atoms with Gasteiger partial charge in [-0.15, -0.1) is 0 Å². The van der Waals surface area contributed by atoms with Gasteiger partial charge in [0, 0.05) is 12.2 Å². The molecular formula is C43H78O11. The summed E-state index contributed by atoms with van der Waals surface area (Å²) < 4.78 is 0. The summed E-state index contributed by atoms with van der Waals surface area (Å²) in [5.74, 6) is -5.40. The van der Waals surface area contributed by atoms with E-state index in [-0.39, 0.29) is 12.8 Å². The fraction of sp³-hybridized carbons (Fsp3) is 0.860. The van der Waals surface area contributed by atoms with Crippen LogP contribution in [-0.2, 0) is 38.7 Å². The van der Waals surface area contributed by atoms with Crippen LogP contribution in [-0.4, -0.2) is 58.0 Å². The molecule has 0 aliphatic heterocycles. The summed E-state index contributed by atoms with van der Waals surface area (Å²) in [4.78, 5) is 66.2. The van der Waals surface area contributed by atoms with Crippen molar-refractivity contribution in [3.63, 3.8) is 0 Å².